The van der Waals surface area contributed by atoms with Gasteiger partial charge in [0.2, 0.25) is 0 Å². The molecule has 5 heteroatoms. The van der Waals surface area contributed by atoms with Crippen LogP contribution in [-0.2, 0) is 22.6 Å². The van der Waals surface area contributed by atoms with E-state index in [1.807, 2.05) is 45.9 Å². The van der Waals surface area contributed by atoms with Crippen LogP contribution in [0.4, 0.5) is 10.1 Å². The van der Waals surface area contributed by atoms with Crippen molar-refractivity contribution < 1.29 is 18.6 Å². The summed E-state index contributed by atoms with van der Waals surface area (Å²) in [6, 6.07) is 21.1. The molecule has 0 amide bonds. The summed E-state index contributed by atoms with van der Waals surface area (Å²) in [5, 5.41) is 3.51. The van der Waals surface area contributed by atoms with E-state index >= 15 is 0 Å². The molecule has 0 fully saturated rings. The molecule has 0 saturated heterocycles. The SMILES string of the molecule is Cc1ccc(CNc2ccc3c(c2)C(OC(C)C)C(OCc2cccc(F)c2)C(C)(C)O3)cc1. The lowest BCUT2D eigenvalue weighted by Crippen LogP contribution is -2.51. The zero-order chi connectivity index (χ0) is 24.3. The third-order valence-corrected chi connectivity index (χ3v) is 6.00. The number of ether oxygens (including phenoxy) is 3. The van der Waals surface area contributed by atoms with Gasteiger partial charge in [-0.2, -0.15) is 0 Å². The van der Waals surface area contributed by atoms with E-state index < -0.39 is 5.60 Å². The molecule has 180 valence electrons. The molecule has 1 aliphatic heterocycles. The van der Waals surface area contributed by atoms with Crippen molar-refractivity contribution in [2.24, 2.45) is 0 Å². The van der Waals surface area contributed by atoms with E-state index in [4.69, 9.17) is 14.2 Å². The quantitative estimate of drug-likeness (QED) is 0.392. The maximum Gasteiger partial charge on any atom is 0.132 e. The van der Waals surface area contributed by atoms with Gasteiger partial charge in [0, 0.05) is 17.8 Å². The van der Waals surface area contributed by atoms with E-state index in [9.17, 15) is 4.39 Å². The Morgan fingerprint density at radius 1 is 1.00 bits per heavy atom. The van der Waals surface area contributed by atoms with Crippen LogP contribution in [0.15, 0.2) is 66.7 Å². The minimum absolute atomic E-state index is 0.00352. The van der Waals surface area contributed by atoms with Crippen LogP contribution in [0, 0.1) is 12.7 Å². The number of halogens is 1. The molecule has 2 unspecified atom stereocenters. The van der Waals surface area contributed by atoms with Crippen LogP contribution in [0.1, 0.15) is 56.1 Å². The molecule has 34 heavy (non-hydrogen) atoms. The van der Waals surface area contributed by atoms with Crippen molar-refractivity contribution in [2.75, 3.05) is 5.32 Å². The zero-order valence-corrected chi connectivity index (χ0v) is 20.6. The first-order valence-electron chi connectivity index (χ1n) is 11.8. The van der Waals surface area contributed by atoms with Crippen LogP contribution in [-0.4, -0.2) is 17.8 Å². The fraction of sp³-hybridized carbons (Fsp3) is 0.379. The Morgan fingerprint density at radius 2 is 1.76 bits per heavy atom. The van der Waals surface area contributed by atoms with Crippen LogP contribution in [0.5, 0.6) is 5.75 Å². The summed E-state index contributed by atoms with van der Waals surface area (Å²) in [5.41, 5.74) is 4.55. The number of aryl methyl sites for hydroxylation is 1. The van der Waals surface area contributed by atoms with Gasteiger partial charge in [0.25, 0.3) is 0 Å². The molecule has 0 bridgehead atoms. The lowest BCUT2D eigenvalue weighted by Gasteiger charge is -2.45. The van der Waals surface area contributed by atoms with E-state index in [0.29, 0.717) is 0 Å². The second kappa shape index (κ2) is 10.2. The number of anilines is 1. The molecule has 0 radical (unpaired) electrons. The summed E-state index contributed by atoms with van der Waals surface area (Å²) < 4.78 is 32.8. The van der Waals surface area contributed by atoms with Crippen LogP contribution in [0.3, 0.4) is 0 Å². The predicted octanol–water partition coefficient (Wildman–Crippen LogP) is 6.97. The summed E-state index contributed by atoms with van der Waals surface area (Å²) in [7, 11) is 0. The van der Waals surface area contributed by atoms with Gasteiger partial charge in [0.1, 0.15) is 29.4 Å². The Labute approximate surface area is 202 Å². The maximum atomic E-state index is 13.7. The first kappa shape index (κ1) is 24.2. The normalized spacial score (nSPS) is 18.9. The van der Waals surface area contributed by atoms with Crippen molar-refractivity contribution in [3.8, 4) is 5.75 Å². The Kier molecular flexibility index (Phi) is 7.24. The number of fused-ring (bicyclic) bond motifs is 1. The monoisotopic (exact) mass is 463 g/mol. The standard InChI is InChI=1S/C29H34FNO3/c1-19(2)33-27-25-16-24(31-17-21-11-9-20(3)10-12-21)13-14-26(25)34-29(4,5)28(27)32-18-22-7-6-8-23(30)15-22/h6-16,19,27-28,31H,17-18H2,1-5H3. The second-order valence-electron chi connectivity index (χ2n) is 9.76. The summed E-state index contributed by atoms with van der Waals surface area (Å²) in [5.74, 6) is 0.520. The van der Waals surface area contributed by atoms with Gasteiger partial charge in [-0.05, 0) is 76.1 Å². The molecular formula is C29H34FNO3. The van der Waals surface area contributed by atoms with Gasteiger partial charge >= 0.3 is 0 Å². The summed E-state index contributed by atoms with van der Waals surface area (Å²) >= 11 is 0. The molecule has 1 N–H and O–H groups in total. The van der Waals surface area contributed by atoms with Crippen molar-refractivity contribution in [1.29, 1.82) is 0 Å². The van der Waals surface area contributed by atoms with Crippen molar-refractivity contribution in [3.63, 3.8) is 0 Å². The first-order valence-corrected chi connectivity index (χ1v) is 11.8. The zero-order valence-electron chi connectivity index (χ0n) is 20.6. The van der Waals surface area contributed by atoms with Gasteiger partial charge < -0.3 is 19.5 Å². The summed E-state index contributed by atoms with van der Waals surface area (Å²) in [6.07, 6.45) is -0.706. The van der Waals surface area contributed by atoms with Crippen molar-refractivity contribution in [2.45, 2.75) is 71.7 Å². The van der Waals surface area contributed by atoms with E-state index in [0.717, 1.165) is 29.1 Å². The Hall–Kier alpha value is -2.89. The Bertz CT molecular complexity index is 1110. The van der Waals surface area contributed by atoms with Crippen molar-refractivity contribution >= 4 is 5.69 Å². The topological polar surface area (TPSA) is 39.7 Å². The first-order chi connectivity index (χ1) is 16.2. The van der Waals surface area contributed by atoms with E-state index in [1.165, 1.54) is 23.3 Å². The average molecular weight is 464 g/mol. The van der Waals surface area contributed by atoms with Gasteiger partial charge in [0.15, 0.2) is 0 Å². The Balaban J connectivity index is 1.58. The summed E-state index contributed by atoms with van der Waals surface area (Å²) in [6.45, 7) is 11.1. The number of hydrogen-bond donors (Lipinski definition) is 1. The highest BCUT2D eigenvalue weighted by molar-refractivity contribution is 5.54. The molecule has 0 saturated carbocycles. The van der Waals surface area contributed by atoms with Gasteiger partial charge in [-0.25, -0.2) is 4.39 Å². The highest BCUT2D eigenvalue weighted by Crippen LogP contribution is 2.45. The lowest BCUT2D eigenvalue weighted by atomic mass is 9.87. The molecule has 0 spiro atoms. The molecule has 3 aromatic carbocycles. The average Bonchev–Trinajstić information content (AvgIpc) is 2.78. The highest BCUT2D eigenvalue weighted by atomic mass is 19.1. The summed E-state index contributed by atoms with van der Waals surface area (Å²) in [4.78, 5) is 0. The molecule has 2 atom stereocenters. The molecular weight excluding hydrogens is 429 g/mol. The third kappa shape index (κ3) is 5.78. The van der Waals surface area contributed by atoms with Gasteiger partial charge in [0.05, 0.1) is 12.7 Å². The highest BCUT2D eigenvalue weighted by Gasteiger charge is 2.46. The number of benzene rings is 3. The third-order valence-electron chi connectivity index (χ3n) is 6.00. The van der Waals surface area contributed by atoms with Crippen LogP contribution >= 0.6 is 0 Å². The lowest BCUT2D eigenvalue weighted by molar-refractivity contribution is -0.177. The molecule has 4 nitrogen and oxygen atoms in total. The number of rotatable bonds is 8. The van der Waals surface area contributed by atoms with E-state index in [2.05, 4.69) is 42.6 Å². The van der Waals surface area contributed by atoms with E-state index in [-0.39, 0.29) is 30.7 Å². The van der Waals surface area contributed by atoms with Crippen LogP contribution in [0.2, 0.25) is 0 Å². The molecule has 3 aromatic rings. The van der Waals surface area contributed by atoms with Crippen LogP contribution in [0.25, 0.3) is 0 Å². The molecule has 1 heterocycles. The molecule has 1 aliphatic rings. The van der Waals surface area contributed by atoms with Gasteiger partial charge in [-0.3, -0.25) is 0 Å². The van der Waals surface area contributed by atoms with Gasteiger partial charge in [-0.15, -0.1) is 0 Å². The number of hydrogen-bond acceptors (Lipinski definition) is 4. The van der Waals surface area contributed by atoms with Crippen LogP contribution < -0.4 is 10.1 Å². The Morgan fingerprint density at radius 3 is 2.47 bits per heavy atom. The fourth-order valence-electron chi connectivity index (χ4n) is 4.29. The fourth-order valence-corrected chi connectivity index (χ4v) is 4.29. The van der Waals surface area contributed by atoms with E-state index in [1.54, 1.807) is 6.07 Å². The number of nitrogens with one attached hydrogen (secondary N) is 1. The minimum Gasteiger partial charge on any atom is -0.485 e. The second-order valence-corrected chi connectivity index (χ2v) is 9.76. The predicted molar refractivity (Wildman–Crippen MR) is 134 cm³/mol. The minimum atomic E-state index is -0.628. The van der Waals surface area contributed by atoms with Gasteiger partial charge in [-0.1, -0.05) is 42.0 Å². The van der Waals surface area contributed by atoms with Crippen molar-refractivity contribution in [3.05, 3.63) is 94.8 Å². The maximum absolute atomic E-state index is 13.7. The largest absolute Gasteiger partial charge is 0.485 e. The molecule has 0 aliphatic carbocycles. The van der Waals surface area contributed by atoms with Crippen molar-refractivity contribution in [1.82, 2.24) is 0 Å². The smallest absolute Gasteiger partial charge is 0.132 e. The molecule has 0 aromatic heterocycles. The molecule has 4 rings (SSSR count).